The second-order valence-corrected chi connectivity index (χ2v) is 5.33. The van der Waals surface area contributed by atoms with Gasteiger partial charge >= 0.3 is 0 Å². The number of rotatable bonds is 2. The van der Waals surface area contributed by atoms with Gasteiger partial charge in [0.25, 0.3) is 0 Å². The van der Waals surface area contributed by atoms with Crippen LogP contribution in [0.15, 0.2) is 48.7 Å². The molecule has 3 aromatic rings. The second kappa shape index (κ2) is 4.97. The van der Waals surface area contributed by atoms with Crippen LogP contribution in [-0.4, -0.2) is 4.98 Å². The van der Waals surface area contributed by atoms with Crippen LogP contribution in [-0.2, 0) is 0 Å². The fourth-order valence-electron chi connectivity index (χ4n) is 2.64. The van der Waals surface area contributed by atoms with Crippen molar-refractivity contribution in [1.29, 1.82) is 0 Å². The first-order chi connectivity index (χ1) is 9.63. The van der Waals surface area contributed by atoms with Crippen molar-refractivity contribution in [3.63, 3.8) is 0 Å². The summed E-state index contributed by atoms with van der Waals surface area (Å²) in [5.74, 6) is 0. The maximum absolute atomic E-state index is 4.48. The third kappa shape index (κ3) is 2.37. The molecule has 0 saturated heterocycles. The average Bonchev–Trinajstić information content (AvgIpc) is 2.39. The van der Waals surface area contributed by atoms with Gasteiger partial charge in [0.2, 0.25) is 0 Å². The number of benzene rings is 2. The summed E-state index contributed by atoms with van der Waals surface area (Å²) in [5, 5.41) is 4.67. The number of hydrogen-bond acceptors (Lipinski definition) is 2. The Labute approximate surface area is 119 Å². The van der Waals surface area contributed by atoms with E-state index in [0.29, 0.717) is 0 Å². The number of aromatic nitrogens is 1. The first kappa shape index (κ1) is 12.7. The van der Waals surface area contributed by atoms with Gasteiger partial charge in [-0.25, -0.2) is 0 Å². The van der Waals surface area contributed by atoms with Crippen LogP contribution in [0.2, 0.25) is 0 Å². The number of pyridine rings is 1. The number of nitrogens with zero attached hydrogens (tertiary/aromatic N) is 1. The first-order valence-corrected chi connectivity index (χ1v) is 6.83. The molecule has 0 fully saturated rings. The molecule has 2 aromatic carbocycles. The lowest BCUT2D eigenvalue weighted by molar-refractivity contribution is 1.35. The largest absolute Gasteiger partial charge is 0.355 e. The number of fused-ring (bicyclic) bond motifs is 1. The van der Waals surface area contributed by atoms with E-state index in [0.717, 1.165) is 22.3 Å². The van der Waals surface area contributed by atoms with Gasteiger partial charge in [0.15, 0.2) is 0 Å². The normalized spacial score (nSPS) is 10.8. The average molecular weight is 262 g/mol. The van der Waals surface area contributed by atoms with Crippen molar-refractivity contribution < 1.29 is 0 Å². The Balaban J connectivity index is 2.09. The topological polar surface area (TPSA) is 24.9 Å². The lowest BCUT2D eigenvalue weighted by Crippen LogP contribution is -1.94. The lowest BCUT2D eigenvalue weighted by Gasteiger charge is -2.12. The predicted octanol–water partition coefficient (Wildman–Crippen LogP) is 4.90. The predicted molar refractivity (Wildman–Crippen MR) is 85.7 cm³/mol. The molecule has 0 unspecified atom stereocenters. The summed E-state index contributed by atoms with van der Waals surface area (Å²) in [6, 6.07) is 14.8. The molecule has 2 heteroatoms. The number of anilines is 2. The molecule has 0 aliphatic rings. The van der Waals surface area contributed by atoms with Crippen LogP contribution >= 0.6 is 0 Å². The molecular formula is C18H18N2. The summed E-state index contributed by atoms with van der Waals surface area (Å²) >= 11 is 0. The van der Waals surface area contributed by atoms with E-state index in [-0.39, 0.29) is 0 Å². The molecule has 0 spiro atoms. The Bertz CT molecular complexity index is 755. The molecule has 0 radical (unpaired) electrons. The monoisotopic (exact) mass is 262 g/mol. The number of aryl methyl sites for hydroxylation is 3. The lowest BCUT2D eigenvalue weighted by atomic mass is 10.1. The highest BCUT2D eigenvalue weighted by molar-refractivity contribution is 5.94. The molecule has 0 atom stereocenters. The fraction of sp³-hybridized carbons (Fsp3) is 0.167. The van der Waals surface area contributed by atoms with E-state index in [2.05, 4.69) is 67.5 Å². The van der Waals surface area contributed by atoms with Crippen molar-refractivity contribution in [3.05, 3.63) is 65.4 Å². The molecule has 0 aliphatic carbocycles. The molecule has 100 valence electrons. The van der Waals surface area contributed by atoms with Crippen molar-refractivity contribution in [3.8, 4) is 0 Å². The summed E-state index contributed by atoms with van der Waals surface area (Å²) < 4.78 is 0. The van der Waals surface area contributed by atoms with Gasteiger partial charge < -0.3 is 5.32 Å². The Morgan fingerprint density at radius 2 is 1.65 bits per heavy atom. The zero-order valence-corrected chi connectivity index (χ0v) is 12.1. The molecule has 3 rings (SSSR count). The molecule has 0 amide bonds. The van der Waals surface area contributed by atoms with Crippen LogP contribution in [0.4, 0.5) is 11.4 Å². The quantitative estimate of drug-likeness (QED) is 0.710. The first-order valence-electron chi connectivity index (χ1n) is 6.83. The van der Waals surface area contributed by atoms with E-state index in [9.17, 15) is 0 Å². The minimum absolute atomic E-state index is 1.06. The van der Waals surface area contributed by atoms with Crippen molar-refractivity contribution in [2.75, 3.05) is 5.32 Å². The van der Waals surface area contributed by atoms with Gasteiger partial charge in [-0.05, 0) is 55.7 Å². The van der Waals surface area contributed by atoms with E-state index in [1.165, 1.54) is 16.7 Å². The Morgan fingerprint density at radius 3 is 2.40 bits per heavy atom. The van der Waals surface area contributed by atoms with Gasteiger partial charge in [0, 0.05) is 23.0 Å². The van der Waals surface area contributed by atoms with Crippen LogP contribution in [0.25, 0.3) is 10.9 Å². The molecule has 0 saturated carbocycles. The molecule has 20 heavy (non-hydrogen) atoms. The second-order valence-electron chi connectivity index (χ2n) is 5.33. The maximum atomic E-state index is 4.48. The standard InChI is InChI=1S/C18H18N2/c1-12-9-13(2)11-15(10-12)20-17-7-8-19-18-14(3)5-4-6-16(17)18/h4-11H,1-3H3,(H,19,20). The van der Waals surface area contributed by atoms with Crippen molar-refractivity contribution in [2.24, 2.45) is 0 Å². The summed E-state index contributed by atoms with van der Waals surface area (Å²) in [6.07, 6.45) is 1.86. The highest BCUT2D eigenvalue weighted by Gasteiger charge is 2.04. The molecular weight excluding hydrogens is 244 g/mol. The minimum Gasteiger partial charge on any atom is -0.355 e. The van der Waals surface area contributed by atoms with Gasteiger partial charge in [-0.3, -0.25) is 4.98 Å². The summed E-state index contributed by atoms with van der Waals surface area (Å²) in [7, 11) is 0. The van der Waals surface area contributed by atoms with E-state index in [1.807, 2.05) is 12.3 Å². The van der Waals surface area contributed by atoms with Gasteiger partial charge in [-0.15, -0.1) is 0 Å². The number of hydrogen-bond donors (Lipinski definition) is 1. The highest BCUT2D eigenvalue weighted by atomic mass is 14.9. The molecule has 1 aromatic heterocycles. The molecule has 0 aliphatic heterocycles. The van der Waals surface area contributed by atoms with Crippen molar-refractivity contribution >= 4 is 22.3 Å². The van der Waals surface area contributed by atoms with Crippen LogP contribution < -0.4 is 5.32 Å². The summed E-state index contributed by atoms with van der Waals surface area (Å²) in [5.41, 5.74) is 7.01. The SMILES string of the molecule is Cc1cc(C)cc(Nc2ccnc3c(C)cccc23)c1. The molecule has 0 bridgehead atoms. The number of para-hydroxylation sites is 1. The minimum atomic E-state index is 1.06. The zero-order chi connectivity index (χ0) is 14.1. The highest BCUT2D eigenvalue weighted by Crippen LogP contribution is 2.27. The van der Waals surface area contributed by atoms with Crippen molar-refractivity contribution in [2.45, 2.75) is 20.8 Å². The Kier molecular flexibility index (Phi) is 3.15. The Morgan fingerprint density at radius 1 is 0.900 bits per heavy atom. The smallest absolute Gasteiger partial charge is 0.0751 e. The number of nitrogens with one attached hydrogen (secondary N) is 1. The van der Waals surface area contributed by atoms with Gasteiger partial charge in [-0.2, -0.15) is 0 Å². The van der Waals surface area contributed by atoms with Crippen LogP contribution in [0, 0.1) is 20.8 Å². The maximum Gasteiger partial charge on any atom is 0.0751 e. The van der Waals surface area contributed by atoms with Crippen molar-refractivity contribution in [1.82, 2.24) is 4.98 Å². The Hall–Kier alpha value is -2.35. The van der Waals surface area contributed by atoms with Crippen LogP contribution in [0.3, 0.4) is 0 Å². The summed E-state index contributed by atoms with van der Waals surface area (Å²) in [6.45, 7) is 6.33. The zero-order valence-electron chi connectivity index (χ0n) is 12.1. The molecule has 1 N–H and O–H groups in total. The van der Waals surface area contributed by atoms with Gasteiger partial charge in [0.1, 0.15) is 0 Å². The third-order valence-corrected chi connectivity index (χ3v) is 3.47. The molecule has 2 nitrogen and oxygen atoms in total. The molecule has 1 heterocycles. The van der Waals surface area contributed by atoms with Gasteiger partial charge in [0.05, 0.1) is 5.52 Å². The van der Waals surface area contributed by atoms with E-state index in [4.69, 9.17) is 0 Å². The third-order valence-electron chi connectivity index (χ3n) is 3.47. The van der Waals surface area contributed by atoms with Crippen LogP contribution in [0.5, 0.6) is 0 Å². The fourth-order valence-corrected chi connectivity index (χ4v) is 2.64. The summed E-state index contributed by atoms with van der Waals surface area (Å²) in [4.78, 5) is 4.48. The van der Waals surface area contributed by atoms with Crippen LogP contribution in [0.1, 0.15) is 16.7 Å². The van der Waals surface area contributed by atoms with E-state index in [1.54, 1.807) is 0 Å². The van der Waals surface area contributed by atoms with E-state index < -0.39 is 0 Å². The van der Waals surface area contributed by atoms with Gasteiger partial charge in [-0.1, -0.05) is 24.3 Å². The van der Waals surface area contributed by atoms with E-state index >= 15 is 0 Å².